The summed E-state index contributed by atoms with van der Waals surface area (Å²) in [6.07, 6.45) is 1.34. The number of nitrogens with zero attached hydrogens (tertiary/aromatic N) is 2. The molecule has 0 saturated heterocycles. The van der Waals surface area contributed by atoms with Crippen molar-refractivity contribution in [3.05, 3.63) is 56.6 Å². The minimum absolute atomic E-state index is 0.00124. The summed E-state index contributed by atoms with van der Waals surface area (Å²) < 4.78 is 21.1. The van der Waals surface area contributed by atoms with Gasteiger partial charge >= 0.3 is 5.69 Å². The monoisotopic (exact) mass is 291 g/mol. The Morgan fingerprint density at radius 2 is 2.19 bits per heavy atom. The van der Waals surface area contributed by atoms with Crippen molar-refractivity contribution in [3.8, 4) is 5.75 Å². The number of rotatable bonds is 2. The van der Waals surface area contributed by atoms with E-state index in [1.165, 1.54) is 29.9 Å². The van der Waals surface area contributed by atoms with Gasteiger partial charge in [-0.05, 0) is 18.2 Å². The Labute approximate surface area is 119 Å². The van der Waals surface area contributed by atoms with Gasteiger partial charge in [-0.15, -0.1) is 0 Å². The molecule has 0 aliphatic carbocycles. The Morgan fingerprint density at radius 3 is 2.95 bits per heavy atom. The number of anilines is 1. The zero-order valence-electron chi connectivity index (χ0n) is 11.4. The fourth-order valence-electron chi connectivity index (χ4n) is 2.51. The van der Waals surface area contributed by atoms with Crippen molar-refractivity contribution < 1.29 is 9.13 Å². The summed E-state index contributed by atoms with van der Waals surface area (Å²) in [5, 5.41) is 0. The molecule has 2 N–H and O–H groups in total. The van der Waals surface area contributed by atoms with Crippen molar-refractivity contribution in [1.29, 1.82) is 0 Å². The maximum absolute atomic E-state index is 13.2. The maximum Gasteiger partial charge on any atom is 0.330 e. The SMILES string of the molecule is Cn1cc(N)c(=O)n(CC2Cc3cc(F)ccc3O2)c1=O. The lowest BCUT2D eigenvalue weighted by Gasteiger charge is -2.13. The normalized spacial score (nSPS) is 16.6. The van der Waals surface area contributed by atoms with Gasteiger partial charge in [0, 0.05) is 25.2 Å². The van der Waals surface area contributed by atoms with Crippen LogP contribution in [-0.4, -0.2) is 15.2 Å². The highest BCUT2D eigenvalue weighted by atomic mass is 19.1. The topological polar surface area (TPSA) is 79.2 Å². The molecule has 7 heteroatoms. The standard InChI is InChI=1S/C14H14FN3O3/c1-17-7-11(16)13(19)18(14(17)20)6-10-5-8-4-9(15)2-3-12(8)21-10/h2-4,7,10H,5-6,16H2,1H3. The molecule has 0 spiro atoms. The summed E-state index contributed by atoms with van der Waals surface area (Å²) in [6.45, 7) is 0.0762. The first-order valence-corrected chi connectivity index (χ1v) is 6.46. The third kappa shape index (κ3) is 2.31. The quantitative estimate of drug-likeness (QED) is 0.861. The van der Waals surface area contributed by atoms with E-state index in [-0.39, 0.29) is 18.0 Å². The Morgan fingerprint density at radius 1 is 1.43 bits per heavy atom. The van der Waals surface area contributed by atoms with Gasteiger partial charge in [-0.25, -0.2) is 9.18 Å². The second-order valence-electron chi connectivity index (χ2n) is 5.09. The van der Waals surface area contributed by atoms with Gasteiger partial charge in [0.1, 0.15) is 23.4 Å². The number of halogens is 1. The van der Waals surface area contributed by atoms with Gasteiger partial charge in [0.25, 0.3) is 5.56 Å². The molecule has 1 atom stereocenters. The summed E-state index contributed by atoms with van der Waals surface area (Å²) in [6, 6.07) is 4.26. The molecular formula is C14H14FN3O3. The number of nitrogen functional groups attached to an aromatic ring is 1. The first-order valence-electron chi connectivity index (χ1n) is 6.46. The van der Waals surface area contributed by atoms with Crippen LogP contribution in [0.5, 0.6) is 5.75 Å². The molecule has 0 amide bonds. The lowest BCUT2D eigenvalue weighted by molar-refractivity contribution is 0.204. The van der Waals surface area contributed by atoms with E-state index in [0.717, 1.165) is 10.1 Å². The van der Waals surface area contributed by atoms with E-state index < -0.39 is 17.4 Å². The molecule has 1 aromatic heterocycles. The van der Waals surface area contributed by atoms with Crippen molar-refractivity contribution in [3.63, 3.8) is 0 Å². The van der Waals surface area contributed by atoms with Gasteiger partial charge in [0.2, 0.25) is 0 Å². The highest BCUT2D eigenvalue weighted by Crippen LogP contribution is 2.29. The third-order valence-corrected chi connectivity index (χ3v) is 3.51. The number of hydrogen-bond acceptors (Lipinski definition) is 4. The fraction of sp³-hybridized carbons (Fsp3) is 0.286. The summed E-state index contributed by atoms with van der Waals surface area (Å²) in [5.74, 6) is 0.241. The van der Waals surface area contributed by atoms with Crippen molar-refractivity contribution >= 4 is 5.69 Å². The van der Waals surface area contributed by atoms with Crippen LogP contribution in [0, 0.1) is 5.82 Å². The van der Waals surface area contributed by atoms with E-state index >= 15 is 0 Å². The second kappa shape index (κ2) is 4.76. The molecule has 21 heavy (non-hydrogen) atoms. The van der Waals surface area contributed by atoms with Crippen LogP contribution in [0.15, 0.2) is 34.0 Å². The average Bonchev–Trinajstić information content (AvgIpc) is 2.83. The molecule has 0 fully saturated rings. The number of fused-ring (bicyclic) bond motifs is 1. The second-order valence-corrected chi connectivity index (χ2v) is 5.09. The molecule has 6 nitrogen and oxygen atoms in total. The Balaban J connectivity index is 1.91. The minimum Gasteiger partial charge on any atom is -0.488 e. The summed E-state index contributed by atoms with van der Waals surface area (Å²) in [4.78, 5) is 24.0. The zero-order chi connectivity index (χ0) is 15.1. The number of ether oxygens (including phenoxy) is 1. The molecule has 1 aliphatic heterocycles. The molecule has 0 radical (unpaired) electrons. The van der Waals surface area contributed by atoms with Crippen LogP contribution in [0.1, 0.15) is 5.56 Å². The first-order chi connectivity index (χ1) is 9.95. The Bertz CT molecular complexity index is 791. The predicted molar refractivity (Wildman–Crippen MR) is 74.9 cm³/mol. The molecule has 0 bridgehead atoms. The number of aryl methyl sites for hydroxylation is 1. The molecule has 3 rings (SSSR count). The van der Waals surface area contributed by atoms with Gasteiger partial charge in [0.05, 0.1) is 6.54 Å². The third-order valence-electron chi connectivity index (χ3n) is 3.51. The molecule has 2 aromatic rings. The van der Waals surface area contributed by atoms with Crippen molar-refractivity contribution in [2.75, 3.05) is 5.73 Å². The van der Waals surface area contributed by atoms with E-state index in [0.29, 0.717) is 12.2 Å². The first kappa shape index (κ1) is 13.4. The highest BCUT2D eigenvalue weighted by molar-refractivity contribution is 5.38. The smallest absolute Gasteiger partial charge is 0.330 e. The number of aromatic nitrogens is 2. The summed E-state index contributed by atoms with van der Waals surface area (Å²) >= 11 is 0. The molecule has 1 unspecified atom stereocenters. The van der Waals surface area contributed by atoms with E-state index in [2.05, 4.69) is 0 Å². The molecule has 110 valence electrons. The fourth-order valence-corrected chi connectivity index (χ4v) is 2.51. The molecule has 0 saturated carbocycles. The summed E-state index contributed by atoms with van der Waals surface area (Å²) in [7, 11) is 1.52. The lowest BCUT2D eigenvalue weighted by Crippen LogP contribution is -2.43. The van der Waals surface area contributed by atoms with Crippen molar-refractivity contribution in [2.24, 2.45) is 7.05 Å². The Kier molecular flexibility index (Phi) is 3.04. The van der Waals surface area contributed by atoms with Gasteiger partial charge in [-0.3, -0.25) is 9.36 Å². The number of benzene rings is 1. The van der Waals surface area contributed by atoms with Crippen LogP contribution in [0.2, 0.25) is 0 Å². The average molecular weight is 291 g/mol. The molecular weight excluding hydrogens is 277 g/mol. The molecule has 1 aromatic carbocycles. The largest absolute Gasteiger partial charge is 0.488 e. The van der Waals surface area contributed by atoms with Crippen molar-refractivity contribution in [2.45, 2.75) is 19.1 Å². The minimum atomic E-state index is -0.538. The van der Waals surface area contributed by atoms with Crippen LogP contribution >= 0.6 is 0 Å². The van der Waals surface area contributed by atoms with Crippen LogP contribution in [0.25, 0.3) is 0 Å². The number of nitrogens with two attached hydrogens (primary N) is 1. The van der Waals surface area contributed by atoms with Gasteiger partial charge in [0.15, 0.2) is 0 Å². The summed E-state index contributed by atoms with van der Waals surface area (Å²) in [5.41, 5.74) is 5.32. The maximum atomic E-state index is 13.2. The molecule has 2 heterocycles. The van der Waals surface area contributed by atoms with E-state index in [9.17, 15) is 14.0 Å². The highest BCUT2D eigenvalue weighted by Gasteiger charge is 2.25. The van der Waals surface area contributed by atoms with Crippen LogP contribution in [0.3, 0.4) is 0 Å². The van der Waals surface area contributed by atoms with Gasteiger partial charge < -0.3 is 15.0 Å². The Hall–Kier alpha value is -2.57. The predicted octanol–water partition coefficient (Wildman–Crippen LogP) is 0.272. The van der Waals surface area contributed by atoms with Crippen molar-refractivity contribution in [1.82, 2.24) is 9.13 Å². The van der Waals surface area contributed by atoms with Gasteiger partial charge in [-0.1, -0.05) is 0 Å². The lowest BCUT2D eigenvalue weighted by atomic mass is 10.1. The van der Waals surface area contributed by atoms with E-state index in [1.807, 2.05) is 0 Å². The van der Waals surface area contributed by atoms with Crippen LogP contribution in [-0.2, 0) is 20.0 Å². The number of hydrogen-bond donors (Lipinski definition) is 1. The molecule has 1 aliphatic rings. The van der Waals surface area contributed by atoms with Crippen LogP contribution < -0.4 is 21.7 Å². The van der Waals surface area contributed by atoms with E-state index in [4.69, 9.17) is 10.5 Å². The van der Waals surface area contributed by atoms with E-state index in [1.54, 1.807) is 6.07 Å². The zero-order valence-corrected chi connectivity index (χ0v) is 11.4. The van der Waals surface area contributed by atoms with Crippen LogP contribution in [0.4, 0.5) is 10.1 Å². The van der Waals surface area contributed by atoms with Gasteiger partial charge in [-0.2, -0.15) is 0 Å².